The van der Waals surface area contributed by atoms with Crippen LogP contribution in [0.3, 0.4) is 0 Å². The highest BCUT2D eigenvalue weighted by molar-refractivity contribution is 5.66. The molecule has 3 nitrogen and oxygen atoms in total. The van der Waals surface area contributed by atoms with E-state index in [1.807, 2.05) is 19.1 Å². The number of nitrogens with zero attached hydrogens (tertiary/aromatic N) is 2. The van der Waals surface area contributed by atoms with Crippen molar-refractivity contribution in [1.82, 2.24) is 4.98 Å². The zero-order valence-electron chi connectivity index (χ0n) is 10.6. The van der Waals surface area contributed by atoms with Gasteiger partial charge in [-0.3, -0.25) is 0 Å². The lowest BCUT2D eigenvalue weighted by molar-refractivity contribution is 0.759. The monoisotopic (exact) mass is 239 g/mol. The Kier molecular flexibility index (Phi) is 2.67. The van der Waals surface area contributed by atoms with E-state index in [0.717, 1.165) is 30.2 Å². The summed E-state index contributed by atoms with van der Waals surface area (Å²) in [6, 6.07) is 12.5. The summed E-state index contributed by atoms with van der Waals surface area (Å²) in [6.07, 6.45) is 2.32. The lowest BCUT2D eigenvalue weighted by Gasteiger charge is -2.30. The van der Waals surface area contributed by atoms with Gasteiger partial charge < -0.3 is 10.6 Å². The van der Waals surface area contributed by atoms with Crippen LogP contribution in [0.5, 0.6) is 0 Å². The number of fused-ring (bicyclic) bond motifs is 1. The predicted octanol–water partition coefficient (Wildman–Crippen LogP) is 3.06. The molecule has 1 aromatic heterocycles. The summed E-state index contributed by atoms with van der Waals surface area (Å²) in [6.45, 7) is 2.97. The quantitative estimate of drug-likeness (QED) is 0.831. The summed E-state index contributed by atoms with van der Waals surface area (Å²) < 4.78 is 0. The van der Waals surface area contributed by atoms with Gasteiger partial charge in [0.2, 0.25) is 0 Å². The molecule has 2 heterocycles. The molecule has 92 valence electrons. The number of hydrogen-bond acceptors (Lipinski definition) is 3. The molecule has 2 aromatic rings. The Hall–Kier alpha value is -2.03. The van der Waals surface area contributed by atoms with Crippen molar-refractivity contribution >= 4 is 17.2 Å². The molecular formula is C15H17N3. The molecular weight excluding hydrogens is 222 g/mol. The van der Waals surface area contributed by atoms with Crippen molar-refractivity contribution in [3.8, 4) is 0 Å². The van der Waals surface area contributed by atoms with E-state index < -0.39 is 0 Å². The van der Waals surface area contributed by atoms with Crippen LogP contribution < -0.4 is 10.6 Å². The van der Waals surface area contributed by atoms with Gasteiger partial charge in [-0.1, -0.05) is 18.2 Å². The topological polar surface area (TPSA) is 42.2 Å². The Balaban J connectivity index is 2.05. The number of aryl methyl sites for hydroxylation is 2. The van der Waals surface area contributed by atoms with Gasteiger partial charge in [0.25, 0.3) is 0 Å². The molecule has 0 saturated carbocycles. The normalized spacial score (nSPS) is 14.4. The Labute approximate surface area is 107 Å². The first-order chi connectivity index (χ1) is 8.75. The number of anilines is 3. The van der Waals surface area contributed by atoms with Crippen molar-refractivity contribution in [2.75, 3.05) is 17.2 Å². The largest absolute Gasteiger partial charge is 0.397 e. The van der Waals surface area contributed by atoms with Gasteiger partial charge >= 0.3 is 0 Å². The second-order valence-electron chi connectivity index (χ2n) is 4.73. The number of para-hydroxylation sites is 1. The average Bonchev–Trinajstić information content (AvgIpc) is 2.41. The molecule has 0 bridgehead atoms. The fourth-order valence-corrected chi connectivity index (χ4v) is 2.48. The van der Waals surface area contributed by atoms with E-state index in [4.69, 9.17) is 5.73 Å². The number of nitrogen functional groups attached to an aromatic ring is 1. The van der Waals surface area contributed by atoms with Gasteiger partial charge in [-0.15, -0.1) is 0 Å². The summed E-state index contributed by atoms with van der Waals surface area (Å²) in [4.78, 5) is 6.88. The maximum Gasteiger partial charge on any atom is 0.133 e. The predicted molar refractivity (Wildman–Crippen MR) is 75.2 cm³/mol. The molecule has 2 N–H and O–H groups in total. The number of benzene rings is 1. The molecule has 1 aliphatic rings. The number of aromatic nitrogens is 1. The van der Waals surface area contributed by atoms with Crippen molar-refractivity contribution < 1.29 is 0 Å². The molecule has 0 radical (unpaired) electrons. The zero-order valence-corrected chi connectivity index (χ0v) is 10.6. The van der Waals surface area contributed by atoms with Crippen LogP contribution in [0, 0.1) is 6.92 Å². The van der Waals surface area contributed by atoms with Crippen LogP contribution in [-0.2, 0) is 6.42 Å². The highest BCUT2D eigenvalue weighted by Crippen LogP contribution is 2.32. The van der Waals surface area contributed by atoms with Crippen LogP contribution in [0.4, 0.5) is 17.2 Å². The standard InChI is InChI=1S/C15H17N3/c1-11-13(16)8-9-15(17-11)18-10-4-6-12-5-2-3-7-14(12)18/h2-3,5,7-9H,4,6,10,16H2,1H3. The summed E-state index contributed by atoms with van der Waals surface area (Å²) in [5.74, 6) is 0.994. The third kappa shape index (κ3) is 1.82. The fraction of sp³-hybridized carbons (Fsp3) is 0.267. The number of rotatable bonds is 1. The second kappa shape index (κ2) is 4.33. The van der Waals surface area contributed by atoms with E-state index in [2.05, 4.69) is 34.1 Å². The zero-order chi connectivity index (χ0) is 12.5. The van der Waals surface area contributed by atoms with Crippen molar-refractivity contribution in [2.45, 2.75) is 19.8 Å². The van der Waals surface area contributed by atoms with Crippen LogP contribution >= 0.6 is 0 Å². The van der Waals surface area contributed by atoms with Gasteiger partial charge in [0.05, 0.1) is 11.4 Å². The minimum Gasteiger partial charge on any atom is -0.397 e. The van der Waals surface area contributed by atoms with Gasteiger partial charge in [-0.25, -0.2) is 4.98 Å². The highest BCUT2D eigenvalue weighted by atomic mass is 15.2. The van der Waals surface area contributed by atoms with Crippen molar-refractivity contribution in [1.29, 1.82) is 0 Å². The molecule has 0 atom stereocenters. The average molecular weight is 239 g/mol. The Morgan fingerprint density at radius 1 is 1.17 bits per heavy atom. The lowest BCUT2D eigenvalue weighted by Crippen LogP contribution is -2.25. The van der Waals surface area contributed by atoms with Gasteiger partial charge in [-0.05, 0) is 43.5 Å². The first kappa shape index (κ1) is 11.1. The Morgan fingerprint density at radius 3 is 2.83 bits per heavy atom. The van der Waals surface area contributed by atoms with Crippen LogP contribution in [0.15, 0.2) is 36.4 Å². The van der Waals surface area contributed by atoms with Crippen LogP contribution in [0.25, 0.3) is 0 Å². The smallest absolute Gasteiger partial charge is 0.133 e. The third-order valence-electron chi connectivity index (χ3n) is 3.50. The lowest BCUT2D eigenvalue weighted by atomic mass is 10.0. The molecule has 0 amide bonds. The van der Waals surface area contributed by atoms with E-state index in [9.17, 15) is 0 Å². The van der Waals surface area contributed by atoms with Crippen molar-refractivity contribution in [3.05, 3.63) is 47.7 Å². The van der Waals surface area contributed by atoms with E-state index in [1.54, 1.807) is 0 Å². The molecule has 3 heteroatoms. The number of hydrogen-bond donors (Lipinski definition) is 1. The van der Waals surface area contributed by atoms with Gasteiger partial charge in [0, 0.05) is 12.2 Å². The summed E-state index contributed by atoms with van der Waals surface area (Å²) in [5, 5.41) is 0. The molecule has 0 aliphatic carbocycles. The summed E-state index contributed by atoms with van der Waals surface area (Å²) in [7, 11) is 0. The third-order valence-corrected chi connectivity index (χ3v) is 3.50. The maximum absolute atomic E-state index is 5.83. The molecule has 3 rings (SSSR count). The molecule has 0 fully saturated rings. The summed E-state index contributed by atoms with van der Waals surface area (Å²) in [5.41, 5.74) is 10.2. The molecule has 18 heavy (non-hydrogen) atoms. The minimum absolute atomic E-state index is 0.754. The van der Waals surface area contributed by atoms with Crippen LogP contribution in [0.1, 0.15) is 17.7 Å². The summed E-state index contributed by atoms with van der Waals surface area (Å²) >= 11 is 0. The fourth-order valence-electron chi connectivity index (χ4n) is 2.48. The van der Waals surface area contributed by atoms with E-state index in [-0.39, 0.29) is 0 Å². The van der Waals surface area contributed by atoms with Crippen LogP contribution in [0.2, 0.25) is 0 Å². The number of pyridine rings is 1. The first-order valence-corrected chi connectivity index (χ1v) is 6.34. The van der Waals surface area contributed by atoms with Crippen molar-refractivity contribution in [2.24, 2.45) is 0 Å². The highest BCUT2D eigenvalue weighted by Gasteiger charge is 2.18. The van der Waals surface area contributed by atoms with E-state index >= 15 is 0 Å². The molecule has 0 spiro atoms. The molecule has 1 aromatic carbocycles. The van der Waals surface area contributed by atoms with Crippen molar-refractivity contribution in [3.63, 3.8) is 0 Å². The SMILES string of the molecule is Cc1nc(N2CCCc3ccccc32)ccc1N. The van der Waals surface area contributed by atoms with Gasteiger partial charge in [0.1, 0.15) is 5.82 Å². The van der Waals surface area contributed by atoms with Gasteiger partial charge in [-0.2, -0.15) is 0 Å². The molecule has 0 unspecified atom stereocenters. The van der Waals surface area contributed by atoms with Gasteiger partial charge in [0.15, 0.2) is 0 Å². The maximum atomic E-state index is 5.83. The van der Waals surface area contributed by atoms with E-state index in [1.165, 1.54) is 17.7 Å². The Bertz CT molecular complexity index is 578. The second-order valence-corrected chi connectivity index (χ2v) is 4.73. The Morgan fingerprint density at radius 2 is 2.00 bits per heavy atom. The minimum atomic E-state index is 0.754. The number of nitrogens with two attached hydrogens (primary N) is 1. The molecule has 0 saturated heterocycles. The van der Waals surface area contributed by atoms with Crippen LogP contribution in [-0.4, -0.2) is 11.5 Å². The van der Waals surface area contributed by atoms with E-state index in [0.29, 0.717) is 0 Å². The molecule has 1 aliphatic heterocycles. The first-order valence-electron chi connectivity index (χ1n) is 6.34.